The second-order valence-electron chi connectivity index (χ2n) is 6.19. The second-order valence-corrected chi connectivity index (χ2v) is 7.22. The molecular weight excluding hydrogens is 390 g/mol. The zero-order valence-corrected chi connectivity index (χ0v) is 16.1. The molecule has 0 bridgehead atoms. The minimum absolute atomic E-state index is 0.105. The smallest absolute Gasteiger partial charge is 0.270 e. The summed E-state index contributed by atoms with van der Waals surface area (Å²) in [6.45, 7) is 1.79. The highest BCUT2D eigenvalue weighted by molar-refractivity contribution is 7.21. The fraction of sp³-hybridized carbons (Fsp3) is 0.0500. The molecule has 0 aliphatic heterocycles. The maximum absolute atomic E-state index is 10.9. The van der Waals surface area contributed by atoms with Gasteiger partial charge in [-0.2, -0.15) is 5.10 Å². The number of aromatic hydroxyl groups is 1. The van der Waals surface area contributed by atoms with Crippen molar-refractivity contribution in [2.24, 2.45) is 5.10 Å². The molecule has 0 amide bonds. The van der Waals surface area contributed by atoms with Crippen LogP contribution < -0.4 is 5.43 Å². The van der Waals surface area contributed by atoms with Crippen molar-refractivity contribution in [2.45, 2.75) is 6.92 Å². The minimum atomic E-state index is -0.530. The average molecular weight is 405 g/mol. The number of aromatic nitrogens is 2. The molecule has 8 nitrogen and oxygen atoms in total. The molecule has 0 unspecified atom stereocenters. The van der Waals surface area contributed by atoms with E-state index in [1.54, 1.807) is 18.3 Å². The molecule has 2 N–H and O–H groups in total. The first-order valence-electron chi connectivity index (χ1n) is 8.61. The van der Waals surface area contributed by atoms with Gasteiger partial charge in [-0.25, -0.2) is 9.97 Å². The summed E-state index contributed by atoms with van der Waals surface area (Å²) < 4.78 is 0. The SMILES string of the molecule is Cc1nc(N/N=C\c2cc([N+](=O)[O-])ccc2O)c2cc(-c3ccccc3)sc2n1. The van der Waals surface area contributed by atoms with Gasteiger partial charge in [-0.3, -0.25) is 15.5 Å². The highest BCUT2D eigenvalue weighted by Crippen LogP contribution is 2.35. The lowest BCUT2D eigenvalue weighted by Crippen LogP contribution is -1.98. The summed E-state index contributed by atoms with van der Waals surface area (Å²) in [7, 11) is 0. The van der Waals surface area contributed by atoms with Crippen LogP contribution in [0.2, 0.25) is 0 Å². The van der Waals surface area contributed by atoms with Gasteiger partial charge in [-0.05, 0) is 24.6 Å². The normalized spacial score (nSPS) is 11.2. The van der Waals surface area contributed by atoms with Crippen molar-refractivity contribution in [1.82, 2.24) is 9.97 Å². The molecule has 2 heterocycles. The maximum atomic E-state index is 10.9. The number of aryl methyl sites for hydroxylation is 1. The zero-order valence-electron chi connectivity index (χ0n) is 15.2. The van der Waals surface area contributed by atoms with Gasteiger partial charge in [0.1, 0.15) is 16.4 Å². The number of rotatable bonds is 5. The summed E-state index contributed by atoms with van der Waals surface area (Å²) in [5.74, 6) is 1.01. The number of phenolic OH excluding ortho intramolecular Hbond substituents is 1. The molecule has 0 saturated heterocycles. The molecule has 144 valence electrons. The van der Waals surface area contributed by atoms with Crippen molar-refractivity contribution in [2.75, 3.05) is 5.43 Å². The highest BCUT2D eigenvalue weighted by atomic mass is 32.1. The van der Waals surface area contributed by atoms with Gasteiger partial charge in [-0.15, -0.1) is 11.3 Å². The van der Waals surface area contributed by atoms with Gasteiger partial charge in [0, 0.05) is 22.6 Å². The van der Waals surface area contributed by atoms with Crippen molar-refractivity contribution >= 4 is 39.3 Å². The molecule has 0 spiro atoms. The van der Waals surface area contributed by atoms with Gasteiger partial charge < -0.3 is 5.11 Å². The number of benzene rings is 2. The molecule has 0 radical (unpaired) electrons. The zero-order chi connectivity index (χ0) is 20.4. The third kappa shape index (κ3) is 3.90. The number of nitrogens with one attached hydrogen (secondary N) is 1. The predicted octanol–water partition coefficient (Wildman–Crippen LogP) is 4.73. The van der Waals surface area contributed by atoms with Crippen molar-refractivity contribution < 1.29 is 10.0 Å². The molecule has 2 aromatic carbocycles. The fourth-order valence-electron chi connectivity index (χ4n) is 2.78. The summed E-state index contributed by atoms with van der Waals surface area (Å²) in [5.41, 5.74) is 4.05. The Hall–Kier alpha value is -3.85. The molecule has 0 aliphatic carbocycles. The van der Waals surface area contributed by atoms with Crippen molar-refractivity contribution in [3.8, 4) is 16.2 Å². The molecule has 29 heavy (non-hydrogen) atoms. The molecule has 2 aromatic heterocycles. The lowest BCUT2D eigenvalue weighted by atomic mass is 10.2. The van der Waals surface area contributed by atoms with Crippen LogP contribution in [0.25, 0.3) is 20.7 Å². The lowest BCUT2D eigenvalue weighted by molar-refractivity contribution is -0.384. The van der Waals surface area contributed by atoms with Crippen LogP contribution in [0.3, 0.4) is 0 Å². The molecule has 4 aromatic rings. The number of non-ortho nitro benzene ring substituents is 1. The van der Waals surface area contributed by atoms with Crippen LogP contribution in [0.5, 0.6) is 5.75 Å². The summed E-state index contributed by atoms with van der Waals surface area (Å²) in [6, 6.07) is 15.7. The Balaban J connectivity index is 1.66. The van der Waals surface area contributed by atoms with E-state index in [9.17, 15) is 15.2 Å². The number of hydrogen-bond donors (Lipinski definition) is 2. The first kappa shape index (κ1) is 18.5. The Morgan fingerprint density at radius 3 is 2.72 bits per heavy atom. The Labute approximate surface area is 169 Å². The molecule has 0 aliphatic rings. The average Bonchev–Trinajstić information content (AvgIpc) is 3.14. The van der Waals surface area contributed by atoms with Gasteiger partial charge in [-0.1, -0.05) is 30.3 Å². The van der Waals surface area contributed by atoms with Gasteiger partial charge in [0.05, 0.1) is 16.5 Å². The van der Waals surface area contributed by atoms with Crippen molar-refractivity contribution in [3.63, 3.8) is 0 Å². The lowest BCUT2D eigenvalue weighted by Gasteiger charge is -2.03. The van der Waals surface area contributed by atoms with Crippen molar-refractivity contribution in [3.05, 3.63) is 76.1 Å². The summed E-state index contributed by atoms with van der Waals surface area (Å²) in [4.78, 5) is 21.2. The van der Waals surface area contributed by atoms with E-state index in [2.05, 4.69) is 20.5 Å². The molecule has 0 saturated carbocycles. The van der Waals surface area contributed by atoms with E-state index in [1.165, 1.54) is 24.4 Å². The second kappa shape index (κ2) is 7.64. The molecular formula is C20H15N5O3S. The standard InChI is InChI=1S/C20H15N5O3S/c1-12-22-19(24-21-11-14-9-15(25(27)28)7-8-17(14)26)16-10-18(29-20(16)23-12)13-5-3-2-4-6-13/h2-11,26H,1H3,(H,22,23,24)/b21-11-. The quantitative estimate of drug-likeness (QED) is 0.282. The number of phenols is 1. The third-order valence-corrected chi connectivity index (χ3v) is 5.24. The van der Waals surface area contributed by atoms with E-state index in [0.29, 0.717) is 11.6 Å². The first-order chi connectivity index (χ1) is 14.0. The van der Waals surface area contributed by atoms with Crippen LogP contribution in [-0.4, -0.2) is 26.2 Å². The Morgan fingerprint density at radius 1 is 1.17 bits per heavy atom. The van der Waals surface area contributed by atoms with Crippen LogP contribution in [-0.2, 0) is 0 Å². The van der Waals surface area contributed by atoms with Crippen LogP contribution in [0.15, 0.2) is 59.7 Å². The monoisotopic (exact) mass is 405 g/mol. The van der Waals surface area contributed by atoms with Crippen LogP contribution >= 0.6 is 11.3 Å². The number of nitro groups is 1. The van der Waals surface area contributed by atoms with Gasteiger partial charge in [0.2, 0.25) is 0 Å². The van der Waals surface area contributed by atoms with E-state index in [4.69, 9.17) is 0 Å². The number of hydrogen-bond acceptors (Lipinski definition) is 8. The van der Waals surface area contributed by atoms with Gasteiger partial charge >= 0.3 is 0 Å². The molecule has 4 rings (SSSR count). The van der Waals surface area contributed by atoms with Crippen LogP contribution in [0.4, 0.5) is 11.5 Å². The van der Waals surface area contributed by atoms with E-state index in [1.807, 2.05) is 36.4 Å². The molecule has 0 fully saturated rings. The van der Waals surface area contributed by atoms with E-state index in [0.717, 1.165) is 20.7 Å². The maximum Gasteiger partial charge on any atom is 0.270 e. The largest absolute Gasteiger partial charge is 0.507 e. The summed E-state index contributed by atoms with van der Waals surface area (Å²) in [5, 5.41) is 25.7. The van der Waals surface area contributed by atoms with Gasteiger partial charge in [0.15, 0.2) is 5.82 Å². The number of anilines is 1. The first-order valence-corrected chi connectivity index (χ1v) is 9.43. The fourth-order valence-corrected chi connectivity index (χ4v) is 3.86. The Bertz CT molecular complexity index is 1240. The summed E-state index contributed by atoms with van der Waals surface area (Å²) >= 11 is 1.56. The minimum Gasteiger partial charge on any atom is -0.507 e. The molecule has 9 heteroatoms. The topological polar surface area (TPSA) is 114 Å². The van der Waals surface area contributed by atoms with E-state index in [-0.39, 0.29) is 17.0 Å². The number of nitrogens with zero attached hydrogens (tertiary/aromatic N) is 4. The predicted molar refractivity (Wildman–Crippen MR) is 114 cm³/mol. The van der Waals surface area contributed by atoms with E-state index >= 15 is 0 Å². The van der Waals surface area contributed by atoms with Crippen LogP contribution in [0, 0.1) is 17.0 Å². The van der Waals surface area contributed by atoms with Gasteiger partial charge in [0.25, 0.3) is 5.69 Å². The van der Waals surface area contributed by atoms with E-state index < -0.39 is 4.92 Å². The van der Waals surface area contributed by atoms with Crippen LogP contribution in [0.1, 0.15) is 11.4 Å². The highest BCUT2D eigenvalue weighted by Gasteiger charge is 2.12. The summed E-state index contributed by atoms with van der Waals surface area (Å²) in [6.07, 6.45) is 1.32. The van der Waals surface area contributed by atoms with Crippen molar-refractivity contribution in [1.29, 1.82) is 0 Å². The third-order valence-electron chi connectivity index (χ3n) is 4.16. The molecule has 0 atom stereocenters. The number of fused-ring (bicyclic) bond motifs is 1. The number of hydrazone groups is 1. The number of thiophene rings is 1. The Kier molecular flexibility index (Phi) is 4.88. The number of nitro benzene ring substituents is 1. The Morgan fingerprint density at radius 2 is 1.97 bits per heavy atom.